The van der Waals surface area contributed by atoms with Crippen LogP contribution in [0.1, 0.15) is 29.1 Å². The van der Waals surface area contributed by atoms with Crippen LogP contribution >= 0.6 is 11.8 Å². The van der Waals surface area contributed by atoms with Gasteiger partial charge in [-0.1, -0.05) is 17.3 Å². The van der Waals surface area contributed by atoms with Crippen LogP contribution in [0.25, 0.3) is 12.2 Å². The highest BCUT2D eigenvalue weighted by Gasteiger charge is 2.29. The van der Waals surface area contributed by atoms with E-state index in [0.717, 1.165) is 41.5 Å². The number of alkyl halides is 3. The minimum absolute atomic E-state index is 0.238. The van der Waals surface area contributed by atoms with Crippen molar-refractivity contribution in [3.63, 3.8) is 0 Å². The number of ether oxygens (including phenoxy) is 1. The summed E-state index contributed by atoms with van der Waals surface area (Å²) in [4.78, 5) is 5.47. The van der Waals surface area contributed by atoms with Gasteiger partial charge in [0.15, 0.2) is 0 Å². The molecule has 0 amide bonds. The van der Waals surface area contributed by atoms with Gasteiger partial charge in [0.25, 0.3) is 0 Å². The third-order valence-corrected chi connectivity index (χ3v) is 5.81. The second-order valence-electron chi connectivity index (χ2n) is 7.26. The number of nitrogens with zero attached hydrogens (tertiary/aromatic N) is 4. The van der Waals surface area contributed by atoms with Gasteiger partial charge < -0.3 is 9.15 Å². The highest BCUT2D eigenvalue weighted by Crippen LogP contribution is 2.29. The molecule has 0 bridgehead atoms. The van der Waals surface area contributed by atoms with Gasteiger partial charge in [-0.3, -0.25) is 4.68 Å². The van der Waals surface area contributed by atoms with Crippen LogP contribution in [0.2, 0.25) is 0 Å². The van der Waals surface area contributed by atoms with Crippen LogP contribution < -0.4 is 4.74 Å². The number of rotatable bonds is 10. The summed E-state index contributed by atoms with van der Waals surface area (Å²) in [6.45, 7) is 1.08. The third kappa shape index (κ3) is 6.98. The van der Waals surface area contributed by atoms with Crippen LogP contribution in [0, 0.1) is 0 Å². The predicted octanol–water partition coefficient (Wildman–Crippen LogP) is 6.22. The number of hydrogen-bond donors (Lipinski definition) is 0. The van der Waals surface area contributed by atoms with Gasteiger partial charge in [0.1, 0.15) is 24.3 Å². The van der Waals surface area contributed by atoms with Gasteiger partial charge in [-0.2, -0.15) is 13.2 Å². The van der Waals surface area contributed by atoms with E-state index >= 15 is 0 Å². The molecule has 176 valence electrons. The second kappa shape index (κ2) is 11.1. The van der Waals surface area contributed by atoms with Crippen molar-refractivity contribution in [1.82, 2.24) is 20.0 Å². The molecular formula is C24H21F3N4O2S. The van der Waals surface area contributed by atoms with Crippen LogP contribution in [0.5, 0.6) is 5.75 Å². The molecule has 2 aromatic heterocycles. The first-order valence-electron chi connectivity index (χ1n) is 10.5. The highest BCUT2D eigenvalue weighted by molar-refractivity contribution is 7.99. The maximum Gasteiger partial charge on any atom is 0.416 e. The Morgan fingerprint density at radius 2 is 1.82 bits per heavy atom. The van der Waals surface area contributed by atoms with E-state index in [1.807, 2.05) is 35.1 Å². The Kier molecular flexibility index (Phi) is 7.69. The van der Waals surface area contributed by atoms with Crippen molar-refractivity contribution in [1.29, 1.82) is 0 Å². The van der Waals surface area contributed by atoms with Crippen LogP contribution in [0.15, 0.2) is 76.5 Å². The Bertz CT molecular complexity index is 1190. The number of hydrogen-bond acceptors (Lipinski definition) is 6. The standard InChI is InChI=1S/C24H21F3N4O2S/c25-24(26,27)19-5-2-18(3-6-19)4-11-23-29-20(17-33-23)16-32-21-7-9-22(10-8-21)34-15-1-13-31-14-12-28-30-31/h2-12,14,17H,1,13,15-16H2/b11-4+. The molecule has 10 heteroatoms. The van der Waals surface area contributed by atoms with Crippen LogP contribution in [-0.2, 0) is 19.3 Å². The largest absolute Gasteiger partial charge is 0.487 e. The van der Waals surface area contributed by atoms with E-state index in [1.165, 1.54) is 18.4 Å². The lowest BCUT2D eigenvalue weighted by Crippen LogP contribution is -2.03. The molecule has 4 rings (SSSR count). The van der Waals surface area contributed by atoms with Crippen LogP contribution in [0.4, 0.5) is 13.2 Å². The number of aryl methyl sites for hydroxylation is 1. The van der Waals surface area contributed by atoms with Crippen molar-refractivity contribution < 1.29 is 22.3 Å². The highest BCUT2D eigenvalue weighted by atomic mass is 32.2. The van der Waals surface area contributed by atoms with Gasteiger partial charge in [-0.15, -0.1) is 16.9 Å². The summed E-state index contributed by atoms with van der Waals surface area (Å²) in [5.41, 5.74) is 0.536. The fourth-order valence-corrected chi connectivity index (χ4v) is 3.81. The van der Waals surface area contributed by atoms with E-state index in [4.69, 9.17) is 9.15 Å². The summed E-state index contributed by atoms with van der Waals surface area (Å²) >= 11 is 1.77. The van der Waals surface area contributed by atoms with Crippen molar-refractivity contribution in [2.24, 2.45) is 0 Å². The zero-order chi connectivity index (χ0) is 23.8. The molecule has 0 atom stereocenters. The molecule has 6 nitrogen and oxygen atoms in total. The van der Waals surface area contributed by atoms with Crippen molar-refractivity contribution in [3.8, 4) is 5.75 Å². The van der Waals surface area contributed by atoms with Crippen LogP contribution in [0.3, 0.4) is 0 Å². The van der Waals surface area contributed by atoms with Crippen LogP contribution in [-0.4, -0.2) is 25.7 Å². The molecule has 0 saturated heterocycles. The van der Waals surface area contributed by atoms with E-state index in [2.05, 4.69) is 15.3 Å². The summed E-state index contributed by atoms with van der Waals surface area (Å²) in [6.07, 6.45) is 4.90. The first-order chi connectivity index (χ1) is 16.5. The SMILES string of the molecule is FC(F)(F)c1ccc(/C=C/c2nc(COc3ccc(SCCCn4ccnn4)cc3)co2)cc1. The topological polar surface area (TPSA) is 66.0 Å². The van der Waals surface area contributed by atoms with E-state index < -0.39 is 11.7 Å². The molecule has 0 saturated carbocycles. The fraction of sp³-hybridized carbons (Fsp3) is 0.208. The Hall–Kier alpha value is -3.53. The third-order valence-electron chi connectivity index (χ3n) is 4.71. The Morgan fingerprint density at radius 1 is 1.03 bits per heavy atom. The quantitative estimate of drug-likeness (QED) is 0.196. The molecule has 2 aromatic carbocycles. The summed E-state index contributed by atoms with van der Waals surface area (Å²) in [6, 6.07) is 12.7. The maximum absolute atomic E-state index is 12.6. The Morgan fingerprint density at radius 3 is 2.53 bits per heavy atom. The molecule has 0 radical (unpaired) electrons. The molecule has 0 aliphatic carbocycles. The number of aromatic nitrogens is 4. The zero-order valence-electron chi connectivity index (χ0n) is 18.0. The molecule has 34 heavy (non-hydrogen) atoms. The Labute approximate surface area is 198 Å². The van der Waals surface area contributed by atoms with Gasteiger partial charge in [0, 0.05) is 23.7 Å². The smallest absolute Gasteiger partial charge is 0.416 e. The minimum Gasteiger partial charge on any atom is -0.487 e. The number of halogens is 3. The molecule has 0 spiro atoms. The average Bonchev–Trinajstić information content (AvgIpc) is 3.52. The molecule has 0 unspecified atom stereocenters. The van der Waals surface area contributed by atoms with E-state index in [0.29, 0.717) is 17.1 Å². The first-order valence-corrected chi connectivity index (χ1v) is 11.4. The van der Waals surface area contributed by atoms with Crippen molar-refractivity contribution in [2.45, 2.75) is 30.6 Å². The summed E-state index contributed by atoms with van der Waals surface area (Å²) in [5, 5.41) is 7.73. The van der Waals surface area contributed by atoms with Crippen molar-refractivity contribution >= 4 is 23.9 Å². The van der Waals surface area contributed by atoms with E-state index in [9.17, 15) is 13.2 Å². The van der Waals surface area contributed by atoms with Gasteiger partial charge in [0.05, 0.1) is 11.8 Å². The maximum atomic E-state index is 12.6. The fourth-order valence-electron chi connectivity index (χ4n) is 2.97. The summed E-state index contributed by atoms with van der Waals surface area (Å²) < 4.78 is 50.9. The summed E-state index contributed by atoms with van der Waals surface area (Å²) in [5.74, 6) is 2.04. The predicted molar refractivity (Wildman–Crippen MR) is 123 cm³/mol. The zero-order valence-corrected chi connectivity index (χ0v) is 18.8. The molecule has 4 aromatic rings. The van der Waals surface area contributed by atoms with Gasteiger partial charge in [0.2, 0.25) is 5.89 Å². The molecule has 2 heterocycles. The number of benzene rings is 2. The number of oxazole rings is 1. The number of thioether (sulfide) groups is 1. The second-order valence-corrected chi connectivity index (χ2v) is 8.43. The summed E-state index contributed by atoms with van der Waals surface area (Å²) in [7, 11) is 0. The van der Waals surface area contributed by atoms with E-state index in [-0.39, 0.29) is 6.61 Å². The molecule has 0 aliphatic heterocycles. The van der Waals surface area contributed by atoms with Gasteiger partial charge in [-0.25, -0.2) is 4.98 Å². The normalized spacial score (nSPS) is 11.9. The molecule has 0 fully saturated rings. The van der Waals surface area contributed by atoms with E-state index in [1.54, 1.807) is 30.1 Å². The molecule has 0 aliphatic rings. The molecule has 0 N–H and O–H groups in total. The lowest BCUT2D eigenvalue weighted by Gasteiger charge is -2.06. The minimum atomic E-state index is -4.35. The van der Waals surface area contributed by atoms with Crippen molar-refractivity contribution in [2.75, 3.05) is 5.75 Å². The average molecular weight is 487 g/mol. The Balaban J connectivity index is 1.21. The monoisotopic (exact) mass is 486 g/mol. The lowest BCUT2D eigenvalue weighted by molar-refractivity contribution is -0.137. The van der Waals surface area contributed by atoms with Crippen molar-refractivity contribution in [3.05, 3.63) is 89.9 Å². The van der Waals surface area contributed by atoms with Gasteiger partial charge >= 0.3 is 6.18 Å². The molecular weight excluding hydrogens is 465 g/mol. The van der Waals surface area contributed by atoms with Gasteiger partial charge in [-0.05, 0) is 60.2 Å². The first kappa shape index (κ1) is 23.6. The lowest BCUT2D eigenvalue weighted by atomic mass is 10.1.